The molecule has 6 heteroatoms. The lowest BCUT2D eigenvalue weighted by Crippen LogP contribution is -2.04. The highest BCUT2D eigenvalue weighted by atomic mass is 35.5. The second-order valence-electron chi connectivity index (χ2n) is 3.80. The molecule has 0 saturated carbocycles. The predicted molar refractivity (Wildman–Crippen MR) is 65.1 cm³/mol. The molecule has 0 bridgehead atoms. The summed E-state index contributed by atoms with van der Waals surface area (Å²) in [5.41, 5.74) is 0.0165. The first kappa shape index (κ1) is 13.5. The van der Waals surface area contributed by atoms with Crippen LogP contribution in [-0.2, 0) is 6.18 Å². The molecular formula is C13H7ClF3NO. The van der Waals surface area contributed by atoms with Crippen molar-refractivity contribution < 1.29 is 18.0 Å². The van der Waals surface area contributed by atoms with E-state index in [-0.39, 0.29) is 21.8 Å². The molecule has 1 heterocycles. The van der Waals surface area contributed by atoms with E-state index in [1.807, 2.05) is 0 Å². The second kappa shape index (κ2) is 5.01. The molecule has 19 heavy (non-hydrogen) atoms. The SMILES string of the molecule is O=Cc1cnc(Cl)c(-c2cccc(C(F)(F)F)c2)c1. The molecule has 0 amide bonds. The molecule has 1 aromatic carbocycles. The van der Waals surface area contributed by atoms with E-state index < -0.39 is 11.7 Å². The van der Waals surface area contributed by atoms with Crippen molar-refractivity contribution in [1.29, 1.82) is 0 Å². The topological polar surface area (TPSA) is 30.0 Å². The highest BCUT2D eigenvalue weighted by molar-refractivity contribution is 6.32. The van der Waals surface area contributed by atoms with Crippen LogP contribution in [0.25, 0.3) is 11.1 Å². The maximum Gasteiger partial charge on any atom is 0.416 e. The maximum absolute atomic E-state index is 12.6. The lowest BCUT2D eigenvalue weighted by atomic mass is 10.0. The molecule has 1 aromatic heterocycles. The Bertz CT molecular complexity index is 626. The monoisotopic (exact) mass is 285 g/mol. The van der Waals surface area contributed by atoms with E-state index >= 15 is 0 Å². The molecule has 2 aromatic rings. The van der Waals surface area contributed by atoms with Crippen LogP contribution in [0.4, 0.5) is 13.2 Å². The number of nitrogens with zero attached hydrogens (tertiary/aromatic N) is 1. The minimum absolute atomic E-state index is 0.0462. The molecule has 0 spiro atoms. The number of benzene rings is 1. The smallest absolute Gasteiger partial charge is 0.298 e. The van der Waals surface area contributed by atoms with Gasteiger partial charge in [0.2, 0.25) is 0 Å². The Kier molecular flexibility index (Phi) is 3.57. The zero-order valence-corrected chi connectivity index (χ0v) is 10.2. The summed E-state index contributed by atoms with van der Waals surface area (Å²) in [6, 6.07) is 6.10. The molecule has 0 fully saturated rings. The fourth-order valence-corrected chi connectivity index (χ4v) is 1.81. The normalized spacial score (nSPS) is 11.4. The molecular weight excluding hydrogens is 279 g/mol. The Balaban J connectivity index is 2.56. The number of hydrogen-bond acceptors (Lipinski definition) is 2. The Labute approximate surface area is 111 Å². The Morgan fingerprint density at radius 2 is 1.95 bits per heavy atom. The number of carbonyl (C=O) groups excluding carboxylic acids is 1. The lowest BCUT2D eigenvalue weighted by molar-refractivity contribution is -0.137. The number of hydrogen-bond donors (Lipinski definition) is 0. The van der Waals surface area contributed by atoms with Crippen LogP contribution >= 0.6 is 11.6 Å². The standard InChI is InChI=1S/C13H7ClF3NO/c14-12-11(4-8(7-19)6-18-12)9-2-1-3-10(5-9)13(15,16)17/h1-7H. The average Bonchev–Trinajstić information content (AvgIpc) is 2.38. The summed E-state index contributed by atoms with van der Waals surface area (Å²) >= 11 is 5.85. The van der Waals surface area contributed by atoms with Crippen LogP contribution in [0.3, 0.4) is 0 Å². The van der Waals surface area contributed by atoms with Crippen LogP contribution in [0.15, 0.2) is 36.5 Å². The van der Waals surface area contributed by atoms with E-state index in [2.05, 4.69) is 4.98 Å². The fraction of sp³-hybridized carbons (Fsp3) is 0.0769. The van der Waals surface area contributed by atoms with Crippen LogP contribution in [0, 0.1) is 0 Å². The van der Waals surface area contributed by atoms with Crippen LogP contribution in [0.2, 0.25) is 5.15 Å². The van der Waals surface area contributed by atoms with Crippen molar-refractivity contribution in [1.82, 2.24) is 4.98 Å². The maximum atomic E-state index is 12.6. The van der Waals surface area contributed by atoms with E-state index in [0.717, 1.165) is 12.1 Å². The number of alkyl halides is 3. The summed E-state index contributed by atoms with van der Waals surface area (Å²) < 4.78 is 37.9. The van der Waals surface area contributed by atoms with E-state index in [9.17, 15) is 18.0 Å². The number of aldehydes is 1. The van der Waals surface area contributed by atoms with E-state index in [1.165, 1.54) is 24.4 Å². The number of pyridine rings is 1. The molecule has 0 aliphatic carbocycles. The minimum Gasteiger partial charge on any atom is -0.298 e. The van der Waals surface area contributed by atoms with E-state index in [1.54, 1.807) is 0 Å². The zero-order chi connectivity index (χ0) is 14.0. The first-order valence-corrected chi connectivity index (χ1v) is 5.58. The zero-order valence-electron chi connectivity index (χ0n) is 9.41. The lowest BCUT2D eigenvalue weighted by Gasteiger charge is -2.09. The summed E-state index contributed by atoms with van der Waals surface area (Å²) in [4.78, 5) is 14.4. The molecule has 0 aliphatic rings. The van der Waals surface area contributed by atoms with Gasteiger partial charge in [-0.3, -0.25) is 4.79 Å². The molecule has 0 aliphatic heterocycles. The van der Waals surface area contributed by atoms with Gasteiger partial charge in [0.15, 0.2) is 6.29 Å². The van der Waals surface area contributed by atoms with Crippen LogP contribution in [0.1, 0.15) is 15.9 Å². The molecule has 2 nitrogen and oxygen atoms in total. The summed E-state index contributed by atoms with van der Waals surface area (Å²) in [6.45, 7) is 0. The van der Waals surface area contributed by atoms with Gasteiger partial charge in [-0.2, -0.15) is 13.2 Å². The third-order valence-corrected chi connectivity index (χ3v) is 2.80. The van der Waals surface area contributed by atoms with Gasteiger partial charge in [-0.05, 0) is 23.8 Å². The molecule has 0 radical (unpaired) electrons. The number of halogens is 4. The highest BCUT2D eigenvalue weighted by Crippen LogP contribution is 2.33. The van der Waals surface area contributed by atoms with E-state index in [0.29, 0.717) is 6.29 Å². The summed E-state index contributed by atoms with van der Waals surface area (Å²) in [5.74, 6) is 0. The van der Waals surface area contributed by atoms with Gasteiger partial charge in [-0.25, -0.2) is 4.98 Å². The highest BCUT2D eigenvalue weighted by Gasteiger charge is 2.30. The molecule has 0 N–H and O–H groups in total. The molecule has 0 unspecified atom stereocenters. The van der Waals surface area contributed by atoms with Gasteiger partial charge in [0, 0.05) is 17.3 Å². The van der Waals surface area contributed by atoms with Gasteiger partial charge in [0.25, 0.3) is 0 Å². The fourth-order valence-electron chi connectivity index (χ4n) is 1.59. The second-order valence-corrected chi connectivity index (χ2v) is 4.16. The van der Waals surface area contributed by atoms with Crippen molar-refractivity contribution >= 4 is 17.9 Å². The third kappa shape index (κ3) is 2.93. The molecule has 2 rings (SSSR count). The van der Waals surface area contributed by atoms with Gasteiger partial charge in [0.05, 0.1) is 5.56 Å². The van der Waals surface area contributed by atoms with Gasteiger partial charge in [0.1, 0.15) is 5.15 Å². The van der Waals surface area contributed by atoms with Crippen molar-refractivity contribution in [3.8, 4) is 11.1 Å². The number of carbonyl (C=O) groups is 1. The minimum atomic E-state index is -4.43. The third-order valence-electron chi connectivity index (χ3n) is 2.50. The van der Waals surface area contributed by atoms with Crippen molar-refractivity contribution in [3.63, 3.8) is 0 Å². The number of rotatable bonds is 2. The number of aromatic nitrogens is 1. The van der Waals surface area contributed by atoms with Crippen molar-refractivity contribution in [2.45, 2.75) is 6.18 Å². The van der Waals surface area contributed by atoms with E-state index in [4.69, 9.17) is 11.6 Å². The Morgan fingerprint density at radius 3 is 2.58 bits per heavy atom. The Morgan fingerprint density at radius 1 is 1.21 bits per heavy atom. The van der Waals surface area contributed by atoms with Crippen LogP contribution < -0.4 is 0 Å². The van der Waals surface area contributed by atoms with Crippen molar-refractivity contribution in [3.05, 3.63) is 52.8 Å². The largest absolute Gasteiger partial charge is 0.416 e. The quantitative estimate of drug-likeness (QED) is 0.610. The predicted octanol–water partition coefficient (Wildman–Crippen LogP) is 4.23. The Hall–Kier alpha value is -1.88. The van der Waals surface area contributed by atoms with Crippen LogP contribution in [0.5, 0.6) is 0 Å². The average molecular weight is 286 g/mol. The first-order valence-electron chi connectivity index (χ1n) is 5.20. The summed E-state index contributed by atoms with van der Waals surface area (Å²) in [5, 5.41) is 0.0462. The summed E-state index contributed by atoms with van der Waals surface area (Å²) in [6.07, 6.45) is -2.62. The molecule has 98 valence electrons. The van der Waals surface area contributed by atoms with Crippen molar-refractivity contribution in [2.24, 2.45) is 0 Å². The molecule has 0 atom stereocenters. The van der Waals surface area contributed by atoms with Gasteiger partial charge in [-0.1, -0.05) is 23.7 Å². The molecule has 0 saturated heterocycles. The first-order chi connectivity index (χ1) is 8.91. The van der Waals surface area contributed by atoms with Gasteiger partial charge >= 0.3 is 6.18 Å². The van der Waals surface area contributed by atoms with Crippen molar-refractivity contribution in [2.75, 3.05) is 0 Å². The summed E-state index contributed by atoms with van der Waals surface area (Å²) in [7, 11) is 0. The van der Waals surface area contributed by atoms with Crippen LogP contribution in [-0.4, -0.2) is 11.3 Å². The van der Waals surface area contributed by atoms with Gasteiger partial charge < -0.3 is 0 Å². The van der Waals surface area contributed by atoms with Gasteiger partial charge in [-0.15, -0.1) is 0 Å².